The Hall–Kier alpha value is -3.18. The van der Waals surface area contributed by atoms with Gasteiger partial charge in [0, 0.05) is 23.5 Å². The van der Waals surface area contributed by atoms with Crippen LogP contribution in [0.15, 0.2) is 48.7 Å². The zero-order chi connectivity index (χ0) is 21.4. The molecule has 3 rings (SSSR count). The van der Waals surface area contributed by atoms with Crippen LogP contribution in [-0.2, 0) is 23.9 Å². The summed E-state index contributed by atoms with van der Waals surface area (Å²) in [5.41, 5.74) is -2.87. The van der Waals surface area contributed by atoms with Crippen LogP contribution in [-0.4, -0.2) is 21.1 Å². The lowest BCUT2D eigenvalue weighted by molar-refractivity contribution is -0.138. The molecule has 0 aliphatic rings. The molecule has 0 saturated carbocycles. The van der Waals surface area contributed by atoms with Gasteiger partial charge in [0.05, 0.1) is 23.7 Å². The van der Waals surface area contributed by atoms with Crippen molar-refractivity contribution < 1.29 is 27.5 Å². The third kappa shape index (κ3) is 4.30. The highest BCUT2D eigenvalue weighted by Crippen LogP contribution is 2.33. The van der Waals surface area contributed by atoms with Crippen LogP contribution in [0.4, 0.5) is 17.6 Å². The molecule has 0 aliphatic heterocycles. The van der Waals surface area contributed by atoms with Crippen LogP contribution >= 0.6 is 0 Å². The number of hydrogen-bond donors (Lipinski definition) is 1. The molecule has 8 heteroatoms. The van der Waals surface area contributed by atoms with E-state index >= 15 is 0 Å². The average Bonchev–Trinajstić information content (AvgIpc) is 3.02. The van der Waals surface area contributed by atoms with Crippen molar-refractivity contribution in [3.8, 4) is 6.07 Å². The lowest BCUT2D eigenvalue weighted by Gasteiger charge is -2.23. The van der Waals surface area contributed by atoms with Crippen LogP contribution in [0.3, 0.4) is 0 Å². The number of carbonyl (C=O) groups is 1. The van der Waals surface area contributed by atoms with Gasteiger partial charge in [-0.2, -0.15) is 18.4 Å². The molecule has 0 spiro atoms. The highest BCUT2D eigenvalue weighted by Gasteiger charge is 2.35. The number of aromatic nitrogens is 1. The predicted molar refractivity (Wildman–Crippen MR) is 97.4 cm³/mol. The van der Waals surface area contributed by atoms with Gasteiger partial charge in [-0.3, -0.25) is 4.79 Å². The SMILES string of the molecule is C[C@](O)(Cn1ccc2cc(F)ccc21)C(=O)Cc1ccc(C#N)c(C(F)(F)F)c1. The standard InChI is InChI=1S/C21H16F4N2O2/c1-20(29,12-27-7-6-14-10-16(22)4-5-18(14)27)19(28)9-13-2-3-15(11-26)17(8-13)21(23,24)25/h2-8,10,29H,9,12H2,1H3/t20-/m0/s1. The number of ketones is 1. The normalized spacial score (nSPS) is 13.8. The second-order valence-corrected chi connectivity index (χ2v) is 7.01. The summed E-state index contributed by atoms with van der Waals surface area (Å²) < 4.78 is 54.2. The summed E-state index contributed by atoms with van der Waals surface area (Å²) in [5, 5.41) is 20.1. The summed E-state index contributed by atoms with van der Waals surface area (Å²) in [4.78, 5) is 12.6. The quantitative estimate of drug-likeness (QED) is 0.647. The van der Waals surface area contributed by atoms with Crippen molar-refractivity contribution in [1.82, 2.24) is 4.57 Å². The van der Waals surface area contributed by atoms with Gasteiger partial charge in [0.15, 0.2) is 5.78 Å². The van der Waals surface area contributed by atoms with Crippen LogP contribution in [0.5, 0.6) is 0 Å². The predicted octanol–water partition coefficient (Wildman–Crippen LogP) is 4.23. The molecule has 0 fully saturated rings. The number of carbonyl (C=O) groups excluding carboxylic acids is 1. The molecule has 0 saturated heterocycles. The molecule has 3 aromatic rings. The highest BCUT2D eigenvalue weighted by molar-refractivity contribution is 5.89. The summed E-state index contributed by atoms with van der Waals surface area (Å²) in [6.07, 6.45) is -3.57. The smallest absolute Gasteiger partial charge is 0.380 e. The molecule has 0 amide bonds. The Kier molecular flexibility index (Phi) is 5.20. The summed E-state index contributed by atoms with van der Waals surface area (Å²) in [7, 11) is 0. The molecule has 1 heterocycles. The van der Waals surface area contributed by atoms with E-state index in [1.165, 1.54) is 37.3 Å². The third-order valence-electron chi connectivity index (χ3n) is 4.69. The zero-order valence-corrected chi connectivity index (χ0v) is 15.3. The monoisotopic (exact) mass is 404 g/mol. The molecule has 1 aromatic heterocycles. The Labute approximate surface area is 163 Å². The molecule has 1 atom stereocenters. The molecule has 150 valence electrons. The summed E-state index contributed by atoms with van der Waals surface area (Å²) in [6, 6.07) is 10.2. The van der Waals surface area contributed by atoms with E-state index in [4.69, 9.17) is 5.26 Å². The minimum atomic E-state index is -4.73. The second kappa shape index (κ2) is 7.33. The van der Waals surface area contributed by atoms with Crippen molar-refractivity contribution in [2.75, 3.05) is 0 Å². The Bertz CT molecular complexity index is 1120. The average molecular weight is 404 g/mol. The fourth-order valence-corrected chi connectivity index (χ4v) is 3.14. The molecule has 2 aromatic carbocycles. The summed E-state index contributed by atoms with van der Waals surface area (Å²) in [6.45, 7) is 1.13. The molecular weight excluding hydrogens is 388 g/mol. The van der Waals surface area contributed by atoms with Crippen molar-refractivity contribution in [2.45, 2.75) is 31.7 Å². The minimum absolute atomic E-state index is 0.0426. The van der Waals surface area contributed by atoms with E-state index in [1.807, 2.05) is 0 Å². The second-order valence-electron chi connectivity index (χ2n) is 7.01. The van der Waals surface area contributed by atoms with E-state index in [9.17, 15) is 27.5 Å². The summed E-state index contributed by atoms with van der Waals surface area (Å²) in [5.74, 6) is -1.10. The number of hydrogen-bond acceptors (Lipinski definition) is 3. The maximum Gasteiger partial charge on any atom is 0.417 e. The molecule has 0 radical (unpaired) electrons. The van der Waals surface area contributed by atoms with E-state index in [0.29, 0.717) is 10.9 Å². The van der Waals surface area contributed by atoms with Gasteiger partial charge < -0.3 is 9.67 Å². The number of nitrogens with zero attached hydrogens (tertiary/aromatic N) is 2. The lowest BCUT2D eigenvalue weighted by atomic mass is 9.93. The first-order valence-corrected chi connectivity index (χ1v) is 8.61. The van der Waals surface area contributed by atoms with Gasteiger partial charge in [0.2, 0.25) is 0 Å². The number of alkyl halides is 3. The van der Waals surface area contributed by atoms with Crippen molar-refractivity contribution in [3.05, 3.63) is 71.2 Å². The van der Waals surface area contributed by atoms with Gasteiger partial charge in [0.25, 0.3) is 0 Å². The van der Waals surface area contributed by atoms with Crippen LogP contribution in [0.1, 0.15) is 23.6 Å². The Morgan fingerprint density at radius 1 is 1.17 bits per heavy atom. The lowest BCUT2D eigenvalue weighted by Crippen LogP contribution is -2.40. The van der Waals surface area contributed by atoms with Crippen molar-refractivity contribution in [3.63, 3.8) is 0 Å². The van der Waals surface area contributed by atoms with Gasteiger partial charge in [-0.15, -0.1) is 0 Å². The van der Waals surface area contributed by atoms with E-state index in [-0.39, 0.29) is 12.1 Å². The number of Topliss-reactive ketones (excluding diaryl/α,β-unsaturated/α-hetero) is 1. The van der Waals surface area contributed by atoms with Gasteiger partial charge in [-0.25, -0.2) is 4.39 Å². The maximum absolute atomic E-state index is 13.3. The van der Waals surface area contributed by atoms with E-state index in [0.717, 1.165) is 12.1 Å². The van der Waals surface area contributed by atoms with Crippen LogP contribution < -0.4 is 0 Å². The van der Waals surface area contributed by atoms with Gasteiger partial charge in [0.1, 0.15) is 11.4 Å². The summed E-state index contributed by atoms with van der Waals surface area (Å²) >= 11 is 0. The molecule has 0 bridgehead atoms. The van der Waals surface area contributed by atoms with Crippen LogP contribution in [0.25, 0.3) is 10.9 Å². The largest absolute Gasteiger partial charge is 0.417 e. The van der Waals surface area contributed by atoms with Crippen molar-refractivity contribution in [2.24, 2.45) is 0 Å². The van der Waals surface area contributed by atoms with E-state index < -0.39 is 40.9 Å². The van der Waals surface area contributed by atoms with Crippen LogP contribution in [0, 0.1) is 17.1 Å². The third-order valence-corrected chi connectivity index (χ3v) is 4.69. The maximum atomic E-state index is 13.3. The number of nitriles is 1. The molecule has 4 nitrogen and oxygen atoms in total. The number of aliphatic hydroxyl groups is 1. The van der Waals surface area contributed by atoms with Crippen LogP contribution in [0.2, 0.25) is 0 Å². The first-order chi connectivity index (χ1) is 13.5. The molecule has 29 heavy (non-hydrogen) atoms. The van der Waals surface area contributed by atoms with Crippen molar-refractivity contribution in [1.29, 1.82) is 5.26 Å². The number of halogens is 4. The molecule has 0 aliphatic carbocycles. The van der Waals surface area contributed by atoms with Gasteiger partial charge in [-0.1, -0.05) is 6.07 Å². The van der Waals surface area contributed by atoms with Gasteiger partial charge in [-0.05, 0) is 48.9 Å². The fraction of sp³-hybridized carbons (Fsp3) is 0.238. The van der Waals surface area contributed by atoms with E-state index in [1.54, 1.807) is 16.8 Å². The van der Waals surface area contributed by atoms with E-state index in [2.05, 4.69) is 0 Å². The molecule has 1 N–H and O–H groups in total. The first-order valence-electron chi connectivity index (χ1n) is 8.61. The fourth-order valence-electron chi connectivity index (χ4n) is 3.14. The Morgan fingerprint density at radius 2 is 1.90 bits per heavy atom. The Balaban J connectivity index is 1.83. The molecule has 0 unspecified atom stereocenters. The number of benzene rings is 2. The zero-order valence-electron chi connectivity index (χ0n) is 15.3. The highest BCUT2D eigenvalue weighted by atomic mass is 19.4. The topological polar surface area (TPSA) is 66.0 Å². The van der Waals surface area contributed by atoms with Crippen molar-refractivity contribution >= 4 is 16.7 Å². The first kappa shape index (κ1) is 20.6. The Morgan fingerprint density at radius 3 is 2.55 bits per heavy atom. The minimum Gasteiger partial charge on any atom is -0.380 e. The van der Waals surface area contributed by atoms with Gasteiger partial charge >= 0.3 is 6.18 Å². The number of fused-ring (bicyclic) bond motifs is 1. The molecular formula is C21H16F4N2O2. The number of rotatable bonds is 5.